The third-order valence-electron chi connectivity index (χ3n) is 1.89. The van der Waals surface area contributed by atoms with Gasteiger partial charge in [0.2, 0.25) is 0 Å². The van der Waals surface area contributed by atoms with E-state index < -0.39 is 0 Å². The zero-order chi connectivity index (χ0) is 9.68. The van der Waals surface area contributed by atoms with Crippen LogP contribution in [0.2, 0.25) is 0 Å². The van der Waals surface area contributed by atoms with Crippen LogP contribution in [0.3, 0.4) is 0 Å². The van der Waals surface area contributed by atoms with Crippen LogP contribution in [0.15, 0.2) is 17.4 Å². The molecule has 0 aromatic carbocycles. The molecule has 0 saturated heterocycles. The molecule has 0 bridgehead atoms. The second-order valence-electron chi connectivity index (χ2n) is 3.44. The van der Waals surface area contributed by atoms with Gasteiger partial charge in [-0.15, -0.1) is 11.8 Å². The van der Waals surface area contributed by atoms with Crippen LogP contribution in [0.1, 0.15) is 26.0 Å². The molecule has 0 aliphatic carbocycles. The van der Waals surface area contributed by atoms with Crippen molar-refractivity contribution in [2.75, 3.05) is 6.26 Å². The van der Waals surface area contributed by atoms with Crippen molar-refractivity contribution in [3.05, 3.63) is 18.1 Å². The topological polar surface area (TPSA) is 25.8 Å². The van der Waals surface area contributed by atoms with Gasteiger partial charge in [0, 0.05) is 12.4 Å². The molecule has 0 atom stereocenters. The standard InChI is InChI=1S/C10H16N2S/c1-8(2)4-5-9-10(13-3)12-7-6-11-9/h6-8H,4-5H2,1-3H3. The number of hydrogen-bond donors (Lipinski definition) is 0. The molecule has 0 radical (unpaired) electrons. The van der Waals surface area contributed by atoms with Crippen LogP contribution in [0, 0.1) is 5.92 Å². The van der Waals surface area contributed by atoms with Gasteiger partial charge in [-0.2, -0.15) is 0 Å². The molecule has 0 unspecified atom stereocenters. The normalized spacial score (nSPS) is 10.8. The first kappa shape index (κ1) is 10.5. The second kappa shape index (κ2) is 5.22. The Hall–Kier alpha value is -0.570. The number of nitrogens with zero attached hydrogens (tertiary/aromatic N) is 2. The zero-order valence-electron chi connectivity index (χ0n) is 8.45. The fourth-order valence-electron chi connectivity index (χ4n) is 1.12. The van der Waals surface area contributed by atoms with Crippen LogP contribution in [0.4, 0.5) is 0 Å². The van der Waals surface area contributed by atoms with Crippen LogP contribution in [-0.4, -0.2) is 16.2 Å². The van der Waals surface area contributed by atoms with Gasteiger partial charge >= 0.3 is 0 Å². The van der Waals surface area contributed by atoms with Crippen LogP contribution in [0.5, 0.6) is 0 Å². The van der Waals surface area contributed by atoms with E-state index >= 15 is 0 Å². The lowest BCUT2D eigenvalue weighted by molar-refractivity contribution is 0.575. The average molecular weight is 196 g/mol. The molecule has 0 aliphatic heterocycles. The van der Waals surface area contributed by atoms with Gasteiger partial charge in [-0.25, -0.2) is 4.98 Å². The Bertz CT molecular complexity index is 261. The van der Waals surface area contributed by atoms with Crippen molar-refractivity contribution >= 4 is 11.8 Å². The summed E-state index contributed by atoms with van der Waals surface area (Å²) in [4.78, 5) is 8.61. The molecule has 13 heavy (non-hydrogen) atoms. The molecule has 1 heterocycles. The quantitative estimate of drug-likeness (QED) is 0.692. The molecular weight excluding hydrogens is 180 g/mol. The molecule has 3 heteroatoms. The van der Waals surface area contributed by atoms with Crippen molar-refractivity contribution in [1.29, 1.82) is 0 Å². The summed E-state index contributed by atoms with van der Waals surface area (Å²) in [6.07, 6.45) is 7.80. The van der Waals surface area contributed by atoms with Gasteiger partial charge in [0.15, 0.2) is 0 Å². The van der Waals surface area contributed by atoms with Crippen LogP contribution in [0.25, 0.3) is 0 Å². The molecular formula is C10H16N2S. The minimum Gasteiger partial charge on any atom is -0.257 e. The van der Waals surface area contributed by atoms with Gasteiger partial charge in [0.25, 0.3) is 0 Å². The number of hydrogen-bond acceptors (Lipinski definition) is 3. The Kier molecular flexibility index (Phi) is 4.22. The maximum atomic E-state index is 4.34. The molecule has 0 spiro atoms. The van der Waals surface area contributed by atoms with Crippen molar-refractivity contribution in [1.82, 2.24) is 9.97 Å². The molecule has 0 N–H and O–H groups in total. The minimum absolute atomic E-state index is 0.733. The summed E-state index contributed by atoms with van der Waals surface area (Å²) in [6, 6.07) is 0. The number of aromatic nitrogens is 2. The number of thioether (sulfide) groups is 1. The van der Waals surface area contributed by atoms with Crippen molar-refractivity contribution in [2.45, 2.75) is 31.7 Å². The fraction of sp³-hybridized carbons (Fsp3) is 0.600. The van der Waals surface area contributed by atoms with E-state index in [1.54, 1.807) is 24.2 Å². The van der Waals surface area contributed by atoms with Crippen molar-refractivity contribution in [3.8, 4) is 0 Å². The molecule has 0 aliphatic rings. The summed E-state index contributed by atoms with van der Waals surface area (Å²) < 4.78 is 0. The first-order valence-corrected chi connectivity index (χ1v) is 5.80. The maximum Gasteiger partial charge on any atom is 0.117 e. The van der Waals surface area contributed by atoms with Gasteiger partial charge in [-0.1, -0.05) is 13.8 Å². The zero-order valence-corrected chi connectivity index (χ0v) is 9.27. The van der Waals surface area contributed by atoms with Crippen molar-refractivity contribution < 1.29 is 0 Å². The lowest BCUT2D eigenvalue weighted by Crippen LogP contribution is -1.98. The first-order valence-electron chi connectivity index (χ1n) is 4.58. The highest BCUT2D eigenvalue weighted by atomic mass is 32.2. The summed E-state index contributed by atoms with van der Waals surface area (Å²) in [5.41, 5.74) is 1.14. The molecule has 2 nitrogen and oxygen atoms in total. The SMILES string of the molecule is CSc1nccnc1CCC(C)C. The predicted octanol–water partition coefficient (Wildman–Crippen LogP) is 2.79. The van der Waals surface area contributed by atoms with Gasteiger partial charge in [0.05, 0.1) is 5.69 Å². The van der Waals surface area contributed by atoms with E-state index in [2.05, 4.69) is 23.8 Å². The third-order valence-corrected chi connectivity index (χ3v) is 2.62. The summed E-state index contributed by atoms with van der Waals surface area (Å²) in [6.45, 7) is 4.46. The predicted molar refractivity (Wildman–Crippen MR) is 57.0 cm³/mol. The largest absolute Gasteiger partial charge is 0.257 e. The van der Waals surface area contributed by atoms with E-state index in [0.717, 1.165) is 23.1 Å². The Morgan fingerprint density at radius 3 is 2.62 bits per heavy atom. The molecule has 0 fully saturated rings. The van der Waals surface area contributed by atoms with Gasteiger partial charge in [-0.05, 0) is 25.0 Å². The van der Waals surface area contributed by atoms with Gasteiger partial charge in [-0.3, -0.25) is 4.98 Å². The van der Waals surface area contributed by atoms with E-state index in [4.69, 9.17) is 0 Å². The first-order chi connectivity index (χ1) is 6.24. The third kappa shape index (κ3) is 3.35. The lowest BCUT2D eigenvalue weighted by Gasteiger charge is -2.06. The minimum atomic E-state index is 0.733. The monoisotopic (exact) mass is 196 g/mol. The Balaban J connectivity index is 2.64. The Labute approximate surface area is 84.2 Å². The van der Waals surface area contributed by atoms with Crippen LogP contribution >= 0.6 is 11.8 Å². The van der Waals surface area contributed by atoms with Gasteiger partial charge < -0.3 is 0 Å². The summed E-state index contributed by atoms with van der Waals surface area (Å²) in [5.74, 6) is 0.733. The highest BCUT2D eigenvalue weighted by molar-refractivity contribution is 7.98. The van der Waals surface area contributed by atoms with Crippen LogP contribution in [-0.2, 0) is 6.42 Å². The molecule has 0 saturated carbocycles. The van der Waals surface area contributed by atoms with E-state index in [0.29, 0.717) is 0 Å². The highest BCUT2D eigenvalue weighted by Gasteiger charge is 2.04. The van der Waals surface area contributed by atoms with E-state index in [9.17, 15) is 0 Å². The average Bonchev–Trinajstić information content (AvgIpc) is 2.15. The summed E-state index contributed by atoms with van der Waals surface area (Å²) in [7, 11) is 0. The van der Waals surface area contributed by atoms with E-state index in [-0.39, 0.29) is 0 Å². The second-order valence-corrected chi connectivity index (χ2v) is 4.24. The molecule has 72 valence electrons. The van der Waals surface area contributed by atoms with E-state index in [1.165, 1.54) is 6.42 Å². The fourth-order valence-corrected chi connectivity index (χ4v) is 1.68. The molecule has 1 aromatic rings. The van der Waals surface area contributed by atoms with Crippen molar-refractivity contribution in [2.24, 2.45) is 5.92 Å². The molecule has 1 rings (SSSR count). The van der Waals surface area contributed by atoms with Gasteiger partial charge in [0.1, 0.15) is 5.03 Å². The lowest BCUT2D eigenvalue weighted by atomic mass is 10.1. The Morgan fingerprint density at radius 2 is 2.00 bits per heavy atom. The summed E-state index contributed by atoms with van der Waals surface area (Å²) >= 11 is 1.67. The smallest absolute Gasteiger partial charge is 0.117 e. The molecule has 1 aromatic heterocycles. The van der Waals surface area contributed by atoms with Crippen LogP contribution < -0.4 is 0 Å². The summed E-state index contributed by atoms with van der Waals surface area (Å²) in [5, 5.41) is 1.07. The Morgan fingerprint density at radius 1 is 1.31 bits per heavy atom. The van der Waals surface area contributed by atoms with Crippen molar-refractivity contribution in [3.63, 3.8) is 0 Å². The van der Waals surface area contributed by atoms with E-state index in [1.807, 2.05) is 6.26 Å². The highest BCUT2D eigenvalue weighted by Crippen LogP contribution is 2.17. The maximum absolute atomic E-state index is 4.34. The number of aryl methyl sites for hydroxylation is 1. The molecule has 0 amide bonds. The number of rotatable bonds is 4.